The van der Waals surface area contributed by atoms with Crippen molar-refractivity contribution in [3.63, 3.8) is 0 Å². The predicted molar refractivity (Wildman–Crippen MR) is 114 cm³/mol. The van der Waals surface area contributed by atoms with Gasteiger partial charge in [0.25, 0.3) is 5.91 Å². The van der Waals surface area contributed by atoms with Crippen LogP contribution in [0.3, 0.4) is 0 Å². The molecule has 29 heavy (non-hydrogen) atoms. The molecule has 0 spiro atoms. The van der Waals surface area contributed by atoms with Gasteiger partial charge in [0.2, 0.25) is 5.91 Å². The van der Waals surface area contributed by atoms with Gasteiger partial charge >= 0.3 is 0 Å². The number of hydrogen-bond acceptors (Lipinski definition) is 4. The average Bonchev–Trinajstić information content (AvgIpc) is 2.93. The quantitative estimate of drug-likeness (QED) is 0.824. The van der Waals surface area contributed by atoms with Crippen molar-refractivity contribution in [1.82, 2.24) is 15.1 Å². The normalized spacial score (nSPS) is 23.3. The molecule has 160 valence electrons. The largest absolute Gasteiger partial charge is 0.483 e. The molecule has 0 bridgehead atoms. The molecule has 6 heteroatoms. The Bertz CT molecular complexity index is 713. The third kappa shape index (κ3) is 5.95. The second kappa shape index (κ2) is 10.1. The maximum Gasteiger partial charge on any atom is 0.258 e. The van der Waals surface area contributed by atoms with Crippen molar-refractivity contribution in [2.24, 2.45) is 5.92 Å². The highest BCUT2D eigenvalue weighted by Gasteiger charge is 2.30. The minimum Gasteiger partial charge on any atom is -0.483 e. The maximum atomic E-state index is 12.9. The smallest absolute Gasteiger partial charge is 0.258 e. The third-order valence-electron chi connectivity index (χ3n) is 6.39. The Labute approximate surface area is 174 Å². The number of likely N-dealkylation sites (N-methyl/N-ethyl adjacent to an activating group) is 1. The third-order valence-corrected chi connectivity index (χ3v) is 6.39. The Balaban J connectivity index is 1.40. The monoisotopic (exact) mass is 401 g/mol. The summed E-state index contributed by atoms with van der Waals surface area (Å²) in [6.07, 6.45) is 4.48. The summed E-state index contributed by atoms with van der Waals surface area (Å²) in [5, 5.41) is 3.08. The molecule has 0 radical (unpaired) electrons. The second-order valence-corrected chi connectivity index (χ2v) is 8.58. The first kappa shape index (κ1) is 21.6. The van der Waals surface area contributed by atoms with Gasteiger partial charge in [0.15, 0.2) is 6.61 Å². The van der Waals surface area contributed by atoms with Crippen LogP contribution in [-0.2, 0) is 9.59 Å². The van der Waals surface area contributed by atoms with E-state index in [1.165, 1.54) is 0 Å². The second-order valence-electron chi connectivity index (χ2n) is 8.58. The number of aryl methyl sites for hydroxylation is 1. The molecule has 3 rings (SSSR count). The molecule has 1 saturated heterocycles. The fourth-order valence-corrected chi connectivity index (χ4v) is 4.30. The number of nitrogens with one attached hydrogen (secondary N) is 1. The lowest BCUT2D eigenvalue weighted by Gasteiger charge is -2.32. The Hall–Kier alpha value is -2.08. The minimum absolute atomic E-state index is 0.0322. The molecule has 1 aromatic carbocycles. The van der Waals surface area contributed by atoms with E-state index in [-0.39, 0.29) is 24.5 Å². The highest BCUT2D eigenvalue weighted by Crippen LogP contribution is 2.26. The van der Waals surface area contributed by atoms with Crippen LogP contribution in [0, 0.1) is 19.8 Å². The van der Waals surface area contributed by atoms with Crippen LogP contribution in [0.25, 0.3) is 0 Å². The standard InChI is InChI=1S/C23H35N3O3/c1-17-6-4-7-21(18(17)2)29-16-22(27)24-20-10-8-19(9-11-20)23(28)26-13-5-12-25(3)14-15-26/h4,6-7,19-20H,5,8-16H2,1-3H3,(H,24,27). The van der Waals surface area contributed by atoms with Crippen LogP contribution in [0.1, 0.15) is 43.2 Å². The zero-order chi connectivity index (χ0) is 20.8. The van der Waals surface area contributed by atoms with Crippen LogP contribution in [0.4, 0.5) is 0 Å². The number of hydrogen-bond donors (Lipinski definition) is 1. The van der Waals surface area contributed by atoms with E-state index in [4.69, 9.17) is 4.74 Å². The first-order chi connectivity index (χ1) is 13.9. The molecular weight excluding hydrogens is 366 g/mol. The molecule has 1 heterocycles. The van der Waals surface area contributed by atoms with Crippen molar-refractivity contribution in [2.75, 3.05) is 39.8 Å². The van der Waals surface area contributed by atoms with E-state index in [9.17, 15) is 9.59 Å². The highest BCUT2D eigenvalue weighted by molar-refractivity contribution is 5.79. The van der Waals surface area contributed by atoms with Gasteiger partial charge in [0.05, 0.1) is 0 Å². The van der Waals surface area contributed by atoms with Crippen molar-refractivity contribution in [1.29, 1.82) is 0 Å². The topological polar surface area (TPSA) is 61.9 Å². The minimum atomic E-state index is -0.0868. The van der Waals surface area contributed by atoms with Gasteiger partial charge in [-0.15, -0.1) is 0 Å². The molecule has 1 saturated carbocycles. The van der Waals surface area contributed by atoms with Crippen molar-refractivity contribution in [3.8, 4) is 5.75 Å². The van der Waals surface area contributed by atoms with Crippen molar-refractivity contribution in [3.05, 3.63) is 29.3 Å². The summed E-state index contributed by atoms with van der Waals surface area (Å²) in [5.74, 6) is 1.09. The number of amides is 2. The first-order valence-corrected chi connectivity index (χ1v) is 10.9. The van der Waals surface area contributed by atoms with Gasteiger partial charge in [-0.25, -0.2) is 0 Å². The van der Waals surface area contributed by atoms with E-state index in [0.717, 1.165) is 75.2 Å². The molecule has 2 amide bonds. The molecule has 1 N–H and O–H groups in total. The summed E-state index contributed by atoms with van der Waals surface area (Å²) in [4.78, 5) is 29.5. The number of nitrogens with zero attached hydrogens (tertiary/aromatic N) is 2. The zero-order valence-corrected chi connectivity index (χ0v) is 18.1. The molecule has 0 atom stereocenters. The van der Waals surface area contributed by atoms with Gasteiger partial charge in [-0.3, -0.25) is 9.59 Å². The lowest BCUT2D eigenvalue weighted by molar-refractivity contribution is -0.136. The molecule has 1 aliphatic heterocycles. The molecule has 1 aromatic rings. The Morgan fingerprint density at radius 3 is 2.59 bits per heavy atom. The summed E-state index contributed by atoms with van der Waals surface area (Å²) in [5.41, 5.74) is 2.22. The fourth-order valence-electron chi connectivity index (χ4n) is 4.30. The molecular formula is C23H35N3O3. The maximum absolute atomic E-state index is 12.9. The van der Waals surface area contributed by atoms with E-state index < -0.39 is 0 Å². The number of rotatable bonds is 5. The van der Waals surface area contributed by atoms with Crippen molar-refractivity contribution >= 4 is 11.8 Å². The van der Waals surface area contributed by atoms with Gasteiger partial charge in [-0.2, -0.15) is 0 Å². The lowest BCUT2D eigenvalue weighted by Crippen LogP contribution is -2.44. The molecule has 2 aliphatic rings. The molecule has 0 aromatic heterocycles. The Morgan fingerprint density at radius 1 is 1.07 bits per heavy atom. The summed E-state index contributed by atoms with van der Waals surface area (Å²) in [6.45, 7) is 7.79. The van der Waals surface area contributed by atoms with Gasteiger partial charge in [-0.05, 0) is 76.7 Å². The van der Waals surface area contributed by atoms with Crippen LogP contribution >= 0.6 is 0 Å². The summed E-state index contributed by atoms with van der Waals surface area (Å²) in [7, 11) is 2.12. The lowest BCUT2D eigenvalue weighted by atomic mass is 9.85. The first-order valence-electron chi connectivity index (χ1n) is 10.9. The van der Waals surface area contributed by atoms with E-state index in [1.807, 2.05) is 36.9 Å². The molecule has 0 unspecified atom stereocenters. The van der Waals surface area contributed by atoms with Crippen LogP contribution in [-0.4, -0.2) is 67.5 Å². The summed E-state index contributed by atoms with van der Waals surface area (Å²) >= 11 is 0. The van der Waals surface area contributed by atoms with Gasteiger partial charge < -0.3 is 19.9 Å². The number of carbonyl (C=O) groups is 2. The van der Waals surface area contributed by atoms with E-state index >= 15 is 0 Å². The number of ether oxygens (including phenoxy) is 1. The predicted octanol–water partition coefficient (Wildman–Crippen LogP) is 2.52. The summed E-state index contributed by atoms with van der Waals surface area (Å²) in [6, 6.07) is 6.01. The molecule has 2 fully saturated rings. The van der Waals surface area contributed by atoms with Gasteiger partial charge in [0.1, 0.15) is 5.75 Å². The van der Waals surface area contributed by atoms with E-state index in [0.29, 0.717) is 5.91 Å². The molecule has 6 nitrogen and oxygen atoms in total. The molecule has 1 aliphatic carbocycles. The van der Waals surface area contributed by atoms with Crippen LogP contribution in [0.2, 0.25) is 0 Å². The average molecular weight is 402 g/mol. The fraction of sp³-hybridized carbons (Fsp3) is 0.652. The van der Waals surface area contributed by atoms with Crippen molar-refractivity contribution in [2.45, 2.75) is 52.0 Å². The van der Waals surface area contributed by atoms with Crippen LogP contribution in [0.15, 0.2) is 18.2 Å². The number of benzene rings is 1. The summed E-state index contributed by atoms with van der Waals surface area (Å²) < 4.78 is 5.70. The van der Waals surface area contributed by atoms with Gasteiger partial charge in [-0.1, -0.05) is 12.1 Å². The Morgan fingerprint density at radius 2 is 1.83 bits per heavy atom. The number of carbonyl (C=O) groups excluding carboxylic acids is 2. The highest BCUT2D eigenvalue weighted by atomic mass is 16.5. The Kier molecular flexibility index (Phi) is 7.53. The SMILES string of the molecule is Cc1cccc(OCC(=O)NC2CCC(C(=O)N3CCCN(C)CC3)CC2)c1C. The van der Waals surface area contributed by atoms with E-state index in [2.05, 4.69) is 17.3 Å². The van der Waals surface area contributed by atoms with Crippen LogP contribution < -0.4 is 10.1 Å². The zero-order valence-electron chi connectivity index (χ0n) is 18.1. The van der Waals surface area contributed by atoms with Crippen LogP contribution in [0.5, 0.6) is 5.75 Å². The van der Waals surface area contributed by atoms with E-state index in [1.54, 1.807) is 0 Å². The van der Waals surface area contributed by atoms with Gasteiger partial charge in [0, 0.05) is 31.6 Å². The van der Waals surface area contributed by atoms with Crippen molar-refractivity contribution < 1.29 is 14.3 Å².